The van der Waals surface area contributed by atoms with E-state index in [4.69, 9.17) is 14.3 Å². The van der Waals surface area contributed by atoms with E-state index in [0.717, 1.165) is 16.9 Å². The van der Waals surface area contributed by atoms with Crippen molar-refractivity contribution in [3.63, 3.8) is 0 Å². The van der Waals surface area contributed by atoms with Crippen LogP contribution >= 0.6 is 0 Å². The van der Waals surface area contributed by atoms with Gasteiger partial charge in [0.1, 0.15) is 7.11 Å². The summed E-state index contributed by atoms with van der Waals surface area (Å²) in [4.78, 5) is 4.88. The van der Waals surface area contributed by atoms with Crippen LogP contribution in [0.2, 0.25) is 0 Å². The summed E-state index contributed by atoms with van der Waals surface area (Å²) in [6.07, 6.45) is 0. The van der Waals surface area contributed by atoms with Crippen molar-refractivity contribution >= 4 is 5.71 Å². The van der Waals surface area contributed by atoms with Crippen molar-refractivity contribution in [1.82, 2.24) is 0 Å². The standard InChI is InChI=1S/C17H13NO3/c1-19-18-15(9-7-13-5-3-2-4-6-13)14-8-10-16-17(11-14)21-12-20-16/h2-6,8,10-11H,12H2,1H3/b18-15+. The van der Waals surface area contributed by atoms with Crippen LogP contribution in [0.1, 0.15) is 11.1 Å². The molecule has 0 bridgehead atoms. The van der Waals surface area contributed by atoms with E-state index < -0.39 is 0 Å². The lowest BCUT2D eigenvalue weighted by atomic mass is 10.1. The Labute approximate surface area is 122 Å². The molecule has 1 aliphatic rings. The summed E-state index contributed by atoms with van der Waals surface area (Å²) in [6.45, 7) is 0.241. The first-order chi connectivity index (χ1) is 10.4. The average Bonchev–Trinajstić information content (AvgIpc) is 3.00. The summed E-state index contributed by atoms with van der Waals surface area (Å²) in [5.74, 6) is 7.51. The molecule has 0 spiro atoms. The first-order valence-electron chi connectivity index (χ1n) is 6.45. The molecule has 21 heavy (non-hydrogen) atoms. The van der Waals surface area contributed by atoms with Gasteiger partial charge in [0.15, 0.2) is 17.2 Å². The molecule has 0 aromatic heterocycles. The molecule has 0 saturated carbocycles. The molecule has 2 aromatic rings. The molecule has 104 valence electrons. The number of rotatable bonds is 2. The molecule has 0 saturated heterocycles. The van der Waals surface area contributed by atoms with Crippen molar-refractivity contribution in [2.45, 2.75) is 0 Å². The molecule has 3 rings (SSSR count). The Bertz CT molecular complexity index is 727. The van der Waals surface area contributed by atoms with E-state index in [-0.39, 0.29) is 6.79 Å². The van der Waals surface area contributed by atoms with Gasteiger partial charge in [0.05, 0.1) is 0 Å². The zero-order valence-electron chi connectivity index (χ0n) is 11.5. The van der Waals surface area contributed by atoms with E-state index in [2.05, 4.69) is 17.0 Å². The highest BCUT2D eigenvalue weighted by atomic mass is 16.7. The molecule has 0 amide bonds. The summed E-state index contributed by atoms with van der Waals surface area (Å²) in [5, 5.41) is 3.98. The van der Waals surface area contributed by atoms with Gasteiger partial charge in [-0.25, -0.2) is 0 Å². The maximum Gasteiger partial charge on any atom is 0.231 e. The summed E-state index contributed by atoms with van der Waals surface area (Å²) in [7, 11) is 1.50. The molecule has 4 nitrogen and oxygen atoms in total. The summed E-state index contributed by atoms with van der Waals surface area (Å²) < 4.78 is 10.7. The highest BCUT2D eigenvalue weighted by molar-refractivity contribution is 6.13. The van der Waals surface area contributed by atoms with Crippen LogP contribution in [-0.2, 0) is 4.84 Å². The Morgan fingerprint density at radius 1 is 1.10 bits per heavy atom. The molecule has 1 aliphatic heterocycles. The van der Waals surface area contributed by atoms with Crippen molar-refractivity contribution < 1.29 is 14.3 Å². The van der Waals surface area contributed by atoms with Gasteiger partial charge >= 0.3 is 0 Å². The van der Waals surface area contributed by atoms with Crippen LogP contribution in [0.25, 0.3) is 0 Å². The van der Waals surface area contributed by atoms with Crippen molar-refractivity contribution in [2.24, 2.45) is 5.16 Å². The van der Waals surface area contributed by atoms with Gasteiger partial charge in [-0.15, -0.1) is 0 Å². The van der Waals surface area contributed by atoms with E-state index in [1.165, 1.54) is 7.11 Å². The average molecular weight is 279 g/mol. The smallest absolute Gasteiger partial charge is 0.231 e. The maximum absolute atomic E-state index is 5.36. The van der Waals surface area contributed by atoms with Gasteiger partial charge in [-0.1, -0.05) is 29.3 Å². The molecular formula is C17H13NO3. The van der Waals surface area contributed by atoms with E-state index >= 15 is 0 Å². The first-order valence-corrected chi connectivity index (χ1v) is 6.45. The fraction of sp³-hybridized carbons (Fsp3) is 0.118. The second kappa shape index (κ2) is 6.02. The molecule has 0 N–H and O–H groups in total. The van der Waals surface area contributed by atoms with Crippen molar-refractivity contribution in [1.29, 1.82) is 0 Å². The molecule has 0 radical (unpaired) electrons. The van der Waals surface area contributed by atoms with Gasteiger partial charge in [-0.05, 0) is 36.3 Å². The van der Waals surface area contributed by atoms with Gasteiger partial charge in [0.2, 0.25) is 6.79 Å². The first kappa shape index (κ1) is 13.1. The second-order valence-electron chi connectivity index (χ2n) is 4.31. The van der Waals surface area contributed by atoms with Crippen LogP contribution in [0.4, 0.5) is 0 Å². The minimum absolute atomic E-state index is 0.241. The molecule has 2 aromatic carbocycles. The van der Waals surface area contributed by atoms with E-state index in [1.807, 2.05) is 48.5 Å². The molecule has 0 atom stereocenters. The normalized spacial score (nSPS) is 12.5. The van der Waals surface area contributed by atoms with Gasteiger partial charge in [-0.2, -0.15) is 0 Å². The van der Waals surface area contributed by atoms with Crippen LogP contribution in [0, 0.1) is 11.8 Å². The SMILES string of the molecule is CO/N=C(\C#Cc1ccccc1)c1ccc2c(c1)OCO2. The van der Waals surface area contributed by atoms with E-state index in [1.54, 1.807) is 0 Å². The lowest BCUT2D eigenvalue weighted by Crippen LogP contribution is -1.98. The molecule has 0 aliphatic carbocycles. The monoisotopic (exact) mass is 279 g/mol. The van der Waals surface area contributed by atoms with Crippen LogP contribution in [0.15, 0.2) is 53.7 Å². The molecule has 4 heteroatoms. The highest BCUT2D eigenvalue weighted by Gasteiger charge is 2.14. The minimum atomic E-state index is 0.241. The van der Waals surface area contributed by atoms with Crippen molar-refractivity contribution in [3.8, 4) is 23.3 Å². The Hall–Kier alpha value is -2.93. The van der Waals surface area contributed by atoms with Gasteiger partial charge in [-0.3, -0.25) is 0 Å². The zero-order chi connectivity index (χ0) is 14.5. The Kier molecular flexibility index (Phi) is 3.74. The molecule has 0 fully saturated rings. The van der Waals surface area contributed by atoms with E-state index in [0.29, 0.717) is 11.5 Å². The second-order valence-corrected chi connectivity index (χ2v) is 4.31. The number of fused-ring (bicyclic) bond motifs is 1. The Balaban J connectivity index is 1.93. The van der Waals surface area contributed by atoms with Crippen LogP contribution in [-0.4, -0.2) is 19.6 Å². The Morgan fingerprint density at radius 3 is 2.71 bits per heavy atom. The maximum atomic E-state index is 5.36. The third-order valence-corrected chi connectivity index (χ3v) is 2.93. The van der Waals surface area contributed by atoms with Gasteiger partial charge in [0, 0.05) is 11.1 Å². The number of ether oxygens (including phenoxy) is 2. The molecular weight excluding hydrogens is 266 g/mol. The van der Waals surface area contributed by atoms with Crippen LogP contribution in [0.5, 0.6) is 11.5 Å². The fourth-order valence-corrected chi connectivity index (χ4v) is 1.94. The van der Waals surface area contributed by atoms with Gasteiger partial charge < -0.3 is 14.3 Å². The van der Waals surface area contributed by atoms with Crippen LogP contribution in [0.3, 0.4) is 0 Å². The summed E-state index contributed by atoms with van der Waals surface area (Å²) in [6, 6.07) is 15.3. The van der Waals surface area contributed by atoms with Gasteiger partial charge in [0.25, 0.3) is 0 Å². The Morgan fingerprint density at radius 2 is 1.90 bits per heavy atom. The number of benzene rings is 2. The zero-order valence-corrected chi connectivity index (χ0v) is 11.5. The number of oxime groups is 1. The van der Waals surface area contributed by atoms with Crippen molar-refractivity contribution in [3.05, 3.63) is 59.7 Å². The number of hydrogen-bond donors (Lipinski definition) is 0. The van der Waals surface area contributed by atoms with E-state index in [9.17, 15) is 0 Å². The van der Waals surface area contributed by atoms with Crippen molar-refractivity contribution in [2.75, 3.05) is 13.9 Å². The third kappa shape index (κ3) is 2.98. The fourth-order valence-electron chi connectivity index (χ4n) is 1.94. The van der Waals surface area contributed by atoms with Crippen LogP contribution < -0.4 is 9.47 Å². The number of nitrogens with zero attached hydrogens (tertiary/aromatic N) is 1. The largest absolute Gasteiger partial charge is 0.454 e. The molecule has 1 heterocycles. The quantitative estimate of drug-likeness (QED) is 0.482. The molecule has 0 unspecified atom stereocenters. The topological polar surface area (TPSA) is 40.0 Å². The predicted molar refractivity (Wildman–Crippen MR) is 79.4 cm³/mol. The number of hydrogen-bond acceptors (Lipinski definition) is 4. The third-order valence-electron chi connectivity index (χ3n) is 2.93. The highest BCUT2D eigenvalue weighted by Crippen LogP contribution is 2.32. The lowest BCUT2D eigenvalue weighted by Gasteiger charge is -2.01. The predicted octanol–water partition coefficient (Wildman–Crippen LogP) is 2.82. The lowest BCUT2D eigenvalue weighted by molar-refractivity contribution is 0.174. The summed E-state index contributed by atoms with van der Waals surface area (Å²) in [5.41, 5.74) is 2.28. The summed E-state index contributed by atoms with van der Waals surface area (Å²) >= 11 is 0. The minimum Gasteiger partial charge on any atom is -0.454 e.